The van der Waals surface area contributed by atoms with E-state index in [1.165, 1.54) is 43.2 Å². The predicted octanol–water partition coefficient (Wildman–Crippen LogP) is 4.25. The molecule has 0 radical (unpaired) electrons. The Hall–Kier alpha value is -3.06. The summed E-state index contributed by atoms with van der Waals surface area (Å²) in [6.45, 7) is 4.70. The third-order valence-electron chi connectivity index (χ3n) is 5.00. The van der Waals surface area contributed by atoms with Crippen LogP contribution in [0.1, 0.15) is 43.2 Å². The molecule has 0 atom stereocenters. The van der Waals surface area contributed by atoms with Crippen molar-refractivity contribution in [3.05, 3.63) is 53.6 Å². The summed E-state index contributed by atoms with van der Waals surface area (Å²) >= 11 is 0. The average molecular weight is 446 g/mol. The zero-order chi connectivity index (χ0) is 23.6. The van der Waals surface area contributed by atoms with Gasteiger partial charge in [0, 0.05) is 24.2 Å². The van der Waals surface area contributed by atoms with Crippen molar-refractivity contribution < 1.29 is 29.3 Å². The number of carboxylic acid groups (broad SMARTS) is 1. The van der Waals surface area contributed by atoms with Crippen LogP contribution in [0, 0.1) is 6.92 Å². The van der Waals surface area contributed by atoms with Gasteiger partial charge < -0.3 is 29.8 Å². The molecule has 0 aliphatic heterocycles. The molecule has 1 saturated carbocycles. The number of hydrogen-bond donors (Lipinski definition) is 3. The normalized spacial score (nSPS) is 12.9. The standard InChI is InChI=1S/C23H31NO3.CH2O2.CH2O/c1-18-6-5-7-19(16-18)12-14-26-23-17-21(10-11-22(23)27-15-13-25)24-20-8-3-2-4-9-20;2-1-3;1-2/h5-7,10-11,16-17,20,24-25H,2-4,8-9,12-15H2,1H3;1H,(H,2,3);1H2. The molecule has 0 amide bonds. The van der Waals surface area contributed by atoms with Crippen LogP contribution in [0.15, 0.2) is 42.5 Å². The lowest BCUT2D eigenvalue weighted by Crippen LogP contribution is -2.22. The number of carbonyl (C=O) groups is 2. The summed E-state index contributed by atoms with van der Waals surface area (Å²) in [4.78, 5) is 16.4. The van der Waals surface area contributed by atoms with Gasteiger partial charge in [0.2, 0.25) is 0 Å². The Balaban J connectivity index is 0.000000944. The number of ether oxygens (including phenoxy) is 2. The van der Waals surface area contributed by atoms with Crippen molar-refractivity contribution in [2.45, 2.75) is 51.5 Å². The minimum atomic E-state index is -0.250. The molecule has 7 nitrogen and oxygen atoms in total. The zero-order valence-electron chi connectivity index (χ0n) is 18.8. The van der Waals surface area contributed by atoms with Crippen LogP contribution in [0.25, 0.3) is 0 Å². The number of aliphatic hydroxyl groups excluding tert-OH is 1. The van der Waals surface area contributed by atoms with Gasteiger partial charge in [0.05, 0.1) is 13.2 Å². The van der Waals surface area contributed by atoms with Crippen molar-refractivity contribution in [3.63, 3.8) is 0 Å². The first-order valence-corrected chi connectivity index (χ1v) is 10.9. The molecular formula is C25H35NO6. The fraction of sp³-hybridized carbons (Fsp3) is 0.440. The molecular weight excluding hydrogens is 410 g/mol. The molecule has 0 bridgehead atoms. The summed E-state index contributed by atoms with van der Waals surface area (Å²) in [6, 6.07) is 15.0. The number of anilines is 1. The van der Waals surface area contributed by atoms with Crippen molar-refractivity contribution in [3.8, 4) is 11.5 Å². The fourth-order valence-electron chi connectivity index (χ4n) is 3.61. The highest BCUT2D eigenvalue weighted by Gasteiger charge is 2.14. The summed E-state index contributed by atoms with van der Waals surface area (Å²) in [5.41, 5.74) is 3.60. The second kappa shape index (κ2) is 16.6. The van der Waals surface area contributed by atoms with E-state index >= 15 is 0 Å². The molecule has 0 heterocycles. The molecule has 1 fully saturated rings. The number of aryl methyl sites for hydroxylation is 1. The third kappa shape index (κ3) is 10.3. The van der Waals surface area contributed by atoms with Crippen LogP contribution in [0.2, 0.25) is 0 Å². The molecule has 3 N–H and O–H groups in total. The lowest BCUT2D eigenvalue weighted by Gasteiger charge is -2.24. The largest absolute Gasteiger partial charge is 0.489 e. The summed E-state index contributed by atoms with van der Waals surface area (Å²) in [7, 11) is 0. The van der Waals surface area contributed by atoms with E-state index in [1.807, 2.05) is 25.0 Å². The maximum atomic E-state index is 9.06. The molecule has 32 heavy (non-hydrogen) atoms. The van der Waals surface area contributed by atoms with Crippen molar-refractivity contribution in [1.82, 2.24) is 0 Å². The number of aliphatic hydroxyl groups is 1. The van der Waals surface area contributed by atoms with Crippen LogP contribution >= 0.6 is 0 Å². The van der Waals surface area contributed by atoms with Gasteiger partial charge in [-0.1, -0.05) is 49.1 Å². The van der Waals surface area contributed by atoms with Gasteiger partial charge in [-0.05, 0) is 37.5 Å². The highest BCUT2D eigenvalue weighted by Crippen LogP contribution is 2.32. The Morgan fingerprint density at radius 2 is 1.72 bits per heavy atom. The lowest BCUT2D eigenvalue weighted by atomic mass is 9.95. The van der Waals surface area contributed by atoms with Gasteiger partial charge in [-0.25, -0.2) is 0 Å². The van der Waals surface area contributed by atoms with Gasteiger partial charge in [-0.3, -0.25) is 4.79 Å². The molecule has 1 aliphatic carbocycles. The molecule has 0 aromatic heterocycles. The van der Waals surface area contributed by atoms with E-state index in [0.29, 0.717) is 18.4 Å². The second-order valence-electron chi connectivity index (χ2n) is 7.41. The number of nitrogens with one attached hydrogen (secondary N) is 1. The minimum absolute atomic E-state index is 0.00912. The van der Waals surface area contributed by atoms with E-state index < -0.39 is 0 Å². The third-order valence-corrected chi connectivity index (χ3v) is 5.00. The lowest BCUT2D eigenvalue weighted by molar-refractivity contribution is -0.122. The van der Waals surface area contributed by atoms with Crippen LogP contribution in [0.5, 0.6) is 11.5 Å². The molecule has 0 spiro atoms. The fourth-order valence-corrected chi connectivity index (χ4v) is 3.61. The van der Waals surface area contributed by atoms with Gasteiger partial charge >= 0.3 is 0 Å². The number of hydrogen-bond acceptors (Lipinski definition) is 6. The van der Waals surface area contributed by atoms with E-state index in [9.17, 15) is 0 Å². The zero-order valence-corrected chi connectivity index (χ0v) is 18.8. The maximum absolute atomic E-state index is 9.06. The van der Waals surface area contributed by atoms with E-state index in [2.05, 4.69) is 36.5 Å². The van der Waals surface area contributed by atoms with Crippen molar-refractivity contribution >= 4 is 18.9 Å². The van der Waals surface area contributed by atoms with Crippen molar-refractivity contribution in [2.75, 3.05) is 25.1 Å². The average Bonchev–Trinajstić information content (AvgIpc) is 2.81. The molecule has 2 aromatic carbocycles. The SMILES string of the molecule is C=O.Cc1cccc(CCOc2cc(NC3CCCCC3)ccc2OCCO)c1.O=CO. The molecule has 0 unspecified atom stereocenters. The highest BCUT2D eigenvalue weighted by atomic mass is 16.5. The van der Waals surface area contributed by atoms with Crippen molar-refractivity contribution in [1.29, 1.82) is 0 Å². The smallest absolute Gasteiger partial charge is 0.290 e. The van der Waals surface area contributed by atoms with Gasteiger partial charge in [0.25, 0.3) is 6.47 Å². The maximum Gasteiger partial charge on any atom is 0.290 e. The first-order chi connectivity index (χ1) is 15.7. The van der Waals surface area contributed by atoms with Crippen LogP contribution in [-0.4, -0.2) is 49.3 Å². The van der Waals surface area contributed by atoms with Gasteiger partial charge in [-0.2, -0.15) is 0 Å². The number of benzene rings is 2. The van der Waals surface area contributed by atoms with Gasteiger partial charge in [0.15, 0.2) is 11.5 Å². The Bertz CT molecular complexity index is 777. The molecule has 2 aromatic rings. The summed E-state index contributed by atoms with van der Waals surface area (Å²) in [5.74, 6) is 1.42. The monoisotopic (exact) mass is 445 g/mol. The Morgan fingerprint density at radius 1 is 1.03 bits per heavy atom. The van der Waals surface area contributed by atoms with Crippen LogP contribution < -0.4 is 14.8 Å². The molecule has 176 valence electrons. The molecule has 0 saturated heterocycles. The van der Waals surface area contributed by atoms with Gasteiger partial charge in [0.1, 0.15) is 13.4 Å². The number of carbonyl (C=O) groups excluding carboxylic acids is 1. The summed E-state index contributed by atoms with van der Waals surface area (Å²) < 4.78 is 11.7. The first-order valence-electron chi connectivity index (χ1n) is 10.9. The summed E-state index contributed by atoms with van der Waals surface area (Å²) in [5, 5.41) is 19.6. The number of rotatable bonds is 9. The van der Waals surface area contributed by atoms with Gasteiger partial charge in [-0.15, -0.1) is 0 Å². The molecule has 1 aliphatic rings. The predicted molar refractivity (Wildman–Crippen MR) is 126 cm³/mol. The Morgan fingerprint density at radius 3 is 2.38 bits per heavy atom. The van der Waals surface area contributed by atoms with E-state index in [0.717, 1.165) is 17.9 Å². The van der Waals surface area contributed by atoms with E-state index in [4.69, 9.17) is 29.3 Å². The van der Waals surface area contributed by atoms with Crippen LogP contribution in [0.3, 0.4) is 0 Å². The van der Waals surface area contributed by atoms with E-state index in [1.54, 1.807) is 0 Å². The van der Waals surface area contributed by atoms with Crippen LogP contribution in [0.4, 0.5) is 5.69 Å². The second-order valence-corrected chi connectivity index (χ2v) is 7.41. The first kappa shape index (κ1) is 27.0. The van der Waals surface area contributed by atoms with E-state index in [-0.39, 0.29) is 19.7 Å². The minimum Gasteiger partial charge on any atom is -0.489 e. The topological polar surface area (TPSA) is 105 Å². The Labute approximate surface area is 190 Å². The highest BCUT2D eigenvalue weighted by molar-refractivity contribution is 5.55. The molecule has 7 heteroatoms. The van der Waals surface area contributed by atoms with Crippen molar-refractivity contribution in [2.24, 2.45) is 0 Å². The van der Waals surface area contributed by atoms with Crippen LogP contribution in [-0.2, 0) is 16.0 Å². The summed E-state index contributed by atoms with van der Waals surface area (Å²) in [6.07, 6.45) is 7.25. The Kier molecular flexibility index (Phi) is 14.0. The molecule has 3 rings (SSSR count). The quantitative estimate of drug-likeness (QED) is 0.496.